The van der Waals surface area contributed by atoms with Crippen LogP contribution in [0.15, 0.2) is 24.3 Å². The zero-order chi connectivity index (χ0) is 24.5. The predicted molar refractivity (Wildman–Crippen MR) is 143 cm³/mol. The van der Waals surface area contributed by atoms with E-state index in [1.807, 2.05) is 40.5 Å². The Bertz CT molecular complexity index is 1200. The van der Waals surface area contributed by atoms with Gasteiger partial charge in [-0.25, -0.2) is 9.97 Å². The summed E-state index contributed by atoms with van der Waals surface area (Å²) in [6.45, 7) is 9.84. The van der Waals surface area contributed by atoms with E-state index in [4.69, 9.17) is 14.7 Å². The van der Waals surface area contributed by atoms with E-state index in [1.54, 1.807) is 7.11 Å². The first-order chi connectivity index (χ1) is 17.0. The Morgan fingerprint density at radius 1 is 1.17 bits per heavy atom. The molecule has 1 saturated heterocycles. The number of carbonyl (C=O) groups is 1. The lowest BCUT2D eigenvalue weighted by Crippen LogP contribution is -2.49. The molecule has 1 aromatic carbocycles. The molecule has 3 aromatic rings. The number of benzene rings is 1. The first-order valence-electron chi connectivity index (χ1n) is 12.9. The molecule has 1 aliphatic heterocycles. The molecule has 2 atom stereocenters. The van der Waals surface area contributed by atoms with Crippen LogP contribution >= 0.6 is 11.3 Å². The summed E-state index contributed by atoms with van der Waals surface area (Å²) in [6.07, 6.45) is 4.97. The zero-order valence-corrected chi connectivity index (χ0v) is 22.2. The summed E-state index contributed by atoms with van der Waals surface area (Å²) in [7, 11) is 1.66. The van der Waals surface area contributed by atoms with Gasteiger partial charge in [0.15, 0.2) is 0 Å². The van der Waals surface area contributed by atoms with E-state index in [2.05, 4.69) is 25.7 Å². The fourth-order valence-corrected chi connectivity index (χ4v) is 6.55. The van der Waals surface area contributed by atoms with E-state index in [-0.39, 0.29) is 5.91 Å². The summed E-state index contributed by atoms with van der Waals surface area (Å²) in [4.78, 5) is 30.2. The van der Waals surface area contributed by atoms with Crippen LogP contribution in [0.25, 0.3) is 10.2 Å². The summed E-state index contributed by atoms with van der Waals surface area (Å²) in [5, 5.41) is 1.28. The Hall–Kier alpha value is -2.67. The third-order valence-electron chi connectivity index (χ3n) is 7.65. The van der Waals surface area contributed by atoms with Crippen LogP contribution in [0.3, 0.4) is 0 Å². The van der Waals surface area contributed by atoms with Gasteiger partial charge in [-0.1, -0.05) is 32.9 Å². The Morgan fingerprint density at radius 3 is 2.60 bits per heavy atom. The van der Waals surface area contributed by atoms with Crippen molar-refractivity contribution in [2.24, 2.45) is 5.92 Å². The van der Waals surface area contributed by atoms with Crippen molar-refractivity contribution >= 4 is 33.3 Å². The topological polar surface area (TPSA) is 58.6 Å². The van der Waals surface area contributed by atoms with Crippen molar-refractivity contribution < 1.29 is 9.53 Å². The predicted octanol–water partition coefficient (Wildman–Crippen LogP) is 5.23. The molecule has 1 fully saturated rings. The van der Waals surface area contributed by atoms with E-state index < -0.39 is 0 Å². The number of rotatable bonds is 6. The molecule has 5 rings (SSSR count). The minimum absolute atomic E-state index is 0.185. The largest absolute Gasteiger partial charge is 0.497 e. The van der Waals surface area contributed by atoms with Gasteiger partial charge in [-0.15, -0.1) is 11.3 Å². The van der Waals surface area contributed by atoms with Crippen LogP contribution in [-0.2, 0) is 24.1 Å². The minimum atomic E-state index is 0.185. The summed E-state index contributed by atoms with van der Waals surface area (Å²) >= 11 is 1.88. The Balaban J connectivity index is 1.36. The number of fused-ring (bicyclic) bond motifs is 3. The molecule has 1 amide bonds. The van der Waals surface area contributed by atoms with Gasteiger partial charge in [0.1, 0.15) is 22.2 Å². The average molecular weight is 493 g/mol. The summed E-state index contributed by atoms with van der Waals surface area (Å²) in [6, 6.07) is 7.78. The van der Waals surface area contributed by atoms with Gasteiger partial charge in [-0.2, -0.15) is 0 Å². The fraction of sp³-hybridized carbons (Fsp3) is 0.536. The highest BCUT2D eigenvalue weighted by molar-refractivity contribution is 7.19. The number of thiophene rings is 1. The van der Waals surface area contributed by atoms with Gasteiger partial charge in [0.25, 0.3) is 0 Å². The molecular formula is C28H36N4O2S. The fourth-order valence-electron chi connectivity index (χ4n) is 5.17. The molecule has 1 aliphatic carbocycles. The highest BCUT2D eigenvalue weighted by atomic mass is 32.1. The van der Waals surface area contributed by atoms with Gasteiger partial charge in [0, 0.05) is 37.0 Å². The average Bonchev–Trinajstić information content (AvgIpc) is 3.25. The lowest BCUT2D eigenvalue weighted by Gasteiger charge is -2.36. The van der Waals surface area contributed by atoms with Gasteiger partial charge in [-0.3, -0.25) is 4.79 Å². The number of amides is 1. The minimum Gasteiger partial charge on any atom is -0.497 e. The molecule has 0 spiro atoms. The second kappa shape index (κ2) is 10.1. The SMILES string of the molecule is CC[C@H](C)c1nc(N2CCN(C(=O)Cc3ccc(OC)cc3)CC2)c2c3c(sc2n1)C[C@@H](C)CC3. The molecule has 2 aromatic heterocycles. The molecular weight excluding hydrogens is 456 g/mol. The normalized spacial score (nSPS) is 19.0. The number of hydrogen-bond acceptors (Lipinski definition) is 6. The van der Waals surface area contributed by atoms with Gasteiger partial charge in [-0.05, 0) is 54.9 Å². The number of nitrogens with zero attached hydrogens (tertiary/aromatic N) is 4. The maximum atomic E-state index is 13.0. The first kappa shape index (κ1) is 24.0. The van der Waals surface area contributed by atoms with Gasteiger partial charge >= 0.3 is 0 Å². The second-order valence-corrected chi connectivity index (χ2v) is 11.2. The van der Waals surface area contributed by atoms with Crippen molar-refractivity contribution in [2.75, 3.05) is 38.2 Å². The quantitative estimate of drug-likeness (QED) is 0.472. The molecule has 7 heteroatoms. The van der Waals surface area contributed by atoms with Crippen molar-refractivity contribution in [2.45, 2.75) is 58.8 Å². The van der Waals surface area contributed by atoms with Gasteiger partial charge in [0.05, 0.1) is 18.9 Å². The monoisotopic (exact) mass is 492 g/mol. The summed E-state index contributed by atoms with van der Waals surface area (Å²) < 4.78 is 5.23. The lowest BCUT2D eigenvalue weighted by molar-refractivity contribution is -0.130. The number of ether oxygens (including phenoxy) is 1. The number of piperazine rings is 1. The van der Waals surface area contributed by atoms with Crippen molar-refractivity contribution in [3.8, 4) is 5.75 Å². The van der Waals surface area contributed by atoms with Gasteiger partial charge in [0.2, 0.25) is 5.91 Å². The Labute approximate surface area is 212 Å². The van der Waals surface area contributed by atoms with Crippen molar-refractivity contribution in [1.29, 1.82) is 0 Å². The van der Waals surface area contributed by atoms with Crippen LogP contribution in [0.2, 0.25) is 0 Å². The summed E-state index contributed by atoms with van der Waals surface area (Å²) in [5.74, 6) is 4.13. The van der Waals surface area contributed by atoms with E-state index >= 15 is 0 Å². The molecule has 0 radical (unpaired) electrons. The van der Waals surface area contributed by atoms with Crippen molar-refractivity contribution in [3.63, 3.8) is 0 Å². The third-order valence-corrected chi connectivity index (χ3v) is 8.80. The second-order valence-electron chi connectivity index (χ2n) is 10.1. The number of carbonyl (C=O) groups excluding carboxylic acids is 1. The van der Waals surface area contributed by atoms with E-state index in [9.17, 15) is 4.79 Å². The van der Waals surface area contributed by atoms with Gasteiger partial charge < -0.3 is 14.5 Å². The number of methoxy groups -OCH3 is 1. The molecule has 6 nitrogen and oxygen atoms in total. The Morgan fingerprint density at radius 2 is 1.91 bits per heavy atom. The highest BCUT2D eigenvalue weighted by Gasteiger charge is 2.29. The highest BCUT2D eigenvalue weighted by Crippen LogP contribution is 2.42. The molecule has 0 saturated carbocycles. The standard InChI is InChI=1S/C28H36N4O2S/c1-5-19(3)26-29-27(25-22-11-6-18(2)16-23(22)35-28(25)30-26)32-14-12-31(13-15-32)24(33)17-20-7-9-21(34-4)10-8-20/h7-10,18-19H,5-6,11-17H2,1-4H3/t18-,19-/m0/s1. The third kappa shape index (κ3) is 4.88. The molecule has 0 unspecified atom stereocenters. The number of anilines is 1. The first-order valence-corrected chi connectivity index (χ1v) is 13.8. The molecule has 3 heterocycles. The molecule has 0 N–H and O–H groups in total. The maximum absolute atomic E-state index is 13.0. The van der Waals surface area contributed by atoms with E-state index in [0.717, 1.165) is 79.1 Å². The summed E-state index contributed by atoms with van der Waals surface area (Å²) in [5.41, 5.74) is 2.50. The number of hydrogen-bond donors (Lipinski definition) is 0. The maximum Gasteiger partial charge on any atom is 0.227 e. The van der Waals surface area contributed by atoms with Crippen molar-refractivity contribution in [3.05, 3.63) is 46.1 Å². The van der Waals surface area contributed by atoms with E-state index in [0.29, 0.717) is 12.3 Å². The van der Waals surface area contributed by atoms with Crippen LogP contribution in [0.5, 0.6) is 5.75 Å². The lowest BCUT2D eigenvalue weighted by atomic mass is 9.89. The smallest absolute Gasteiger partial charge is 0.227 e. The van der Waals surface area contributed by atoms with Crippen LogP contribution in [-0.4, -0.2) is 54.1 Å². The number of aromatic nitrogens is 2. The zero-order valence-electron chi connectivity index (χ0n) is 21.3. The molecule has 35 heavy (non-hydrogen) atoms. The molecule has 2 aliphatic rings. The Kier molecular flexibility index (Phi) is 6.96. The van der Waals surface area contributed by atoms with Crippen LogP contribution in [0.4, 0.5) is 5.82 Å². The van der Waals surface area contributed by atoms with E-state index in [1.165, 1.54) is 22.2 Å². The van der Waals surface area contributed by atoms with Crippen LogP contribution < -0.4 is 9.64 Å². The van der Waals surface area contributed by atoms with Crippen molar-refractivity contribution in [1.82, 2.24) is 14.9 Å². The van der Waals surface area contributed by atoms with Crippen LogP contribution in [0.1, 0.15) is 61.4 Å². The van der Waals surface area contributed by atoms with Crippen LogP contribution in [0, 0.1) is 5.92 Å². The number of aryl methyl sites for hydroxylation is 1. The molecule has 0 bridgehead atoms. The molecule has 186 valence electrons.